The van der Waals surface area contributed by atoms with Crippen molar-refractivity contribution in [1.29, 1.82) is 0 Å². The molecular formula is C25H27N3O3. The van der Waals surface area contributed by atoms with E-state index >= 15 is 0 Å². The highest BCUT2D eigenvalue weighted by molar-refractivity contribution is 6.11. The third-order valence-electron chi connectivity index (χ3n) is 7.16. The summed E-state index contributed by atoms with van der Waals surface area (Å²) < 4.78 is 0. The molecule has 6 nitrogen and oxygen atoms in total. The summed E-state index contributed by atoms with van der Waals surface area (Å²) in [5, 5.41) is 0. The van der Waals surface area contributed by atoms with Crippen LogP contribution >= 0.6 is 0 Å². The van der Waals surface area contributed by atoms with Crippen molar-refractivity contribution in [3.8, 4) is 0 Å². The summed E-state index contributed by atoms with van der Waals surface area (Å²) in [5.74, 6) is -0.234. The average molecular weight is 418 g/mol. The summed E-state index contributed by atoms with van der Waals surface area (Å²) in [7, 11) is 0. The third kappa shape index (κ3) is 2.96. The van der Waals surface area contributed by atoms with Gasteiger partial charge in [0, 0.05) is 13.0 Å². The molecule has 0 saturated carbocycles. The fourth-order valence-corrected chi connectivity index (χ4v) is 5.52. The molecule has 6 heteroatoms. The molecule has 0 aromatic heterocycles. The normalized spacial score (nSPS) is 25.1. The minimum absolute atomic E-state index is 0.00106. The van der Waals surface area contributed by atoms with Crippen LogP contribution in [0.5, 0.6) is 0 Å². The highest BCUT2D eigenvalue weighted by atomic mass is 16.2. The molecule has 5 rings (SSSR count). The van der Waals surface area contributed by atoms with Gasteiger partial charge in [0.05, 0.1) is 17.3 Å². The topological polar surface area (TPSA) is 60.9 Å². The fraction of sp³-hybridized carbons (Fsp3) is 0.400. The lowest BCUT2D eigenvalue weighted by molar-refractivity contribution is -0.134. The molecule has 0 N–H and O–H groups in total. The molecule has 2 saturated heterocycles. The molecule has 2 unspecified atom stereocenters. The summed E-state index contributed by atoms with van der Waals surface area (Å²) in [4.78, 5) is 44.9. The Balaban J connectivity index is 1.47. The number of amides is 3. The van der Waals surface area contributed by atoms with Gasteiger partial charge in [0.15, 0.2) is 0 Å². The van der Waals surface area contributed by atoms with E-state index in [-0.39, 0.29) is 30.3 Å². The Morgan fingerprint density at radius 1 is 1.10 bits per heavy atom. The summed E-state index contributed by atoms with van der Waals surface area (Å²) in [6.45, 7) is 4.65. The molecular weight excluding hydrogens is 390 g/mol. The van der Waals surface area contributed by atoms with E-state index in [4.69, 9.17) is 0 Å². The first-order chi connectivity index (χ1) is 14.9. The molecule has 2 atom stereocenters. The Morgan fingerprint density at radius 3 is 2.65 bits per heavy atom. The van der Waals surface area contributed by atoms with Crippen LogP contribution < -0.4 is 4.90 Å². The SMILES string of the molecule is Cc1ccccc1C1CCCN1C(=O)CN1C(=O)c2ccccc2N2C(=O)CCC12C. The number of benzene rings is 2. The van der Waals surface area contributed by atoms with E-state index in [0.29, 0.717) is 30.6 Å². The van der Waals surface area contributed by atoms with E-state index in [9.17, 15) is 14.4 Å². The van der Waals surface area contributed by atoms with Gasteiger partial charge in [-0.2, -0.15) is 0 Å². The van der Waals surface area contributed by atoms with E-state index in [1.807, 2.05) is 36.1 Å². The fourth-order valence-electron chi connectivity index (χ4n) is 5.52. The summed E-state index contributed by atoms with van der Waals surface area (Å²) >= 11 is 0. The lowest BCUT2D eigenvalue weighted by Gasteiger charge is -2.48. The van der Waals surface area contributed by atoms with Crippen molar-refractivity contribution >= 4 is 23.4 Å². The lowest BCUT2D eigenvalue weighted by Crippen LogP contribution is -2.64. The number of fused-ring (bicyclic) bond motifs is 3. The highest BCUT2D eigenvalue weighted by Crippen LogP contribution is 2.44. The standard InChI is InChI=1S/C25H27N3O3/c1-17-8-3-4-9-18(17)20-12-7-15-26(20)23(30)16-27-24(31)19-10-5-6-11-21(19)28-22(29)13-14-25(27,28)2/h3-6,8-11,20H,7,12-16H2,1-2H3. The van der Waals surface area contributed by atoms with E-state index in [1.54, 1.807) is 21.9 Å². The zero-order valence-corrected chi connectivity index (χ0v) is 18.0. The predicted molar refractivity (Wildman–Crippen MR) is 117 cm³/mol. The van der Waals surface area contributed by atoms with Gasteiger partial charge in [-0.1, -0.05) is 36.4 Å². The van der Waals surface area contributed by atoms with Gasteiger partial charge in [-0.3, -0.25) is 19.3 Å². The van der Waals surface area contributed by atoms with Gasteiger partial charge < -0.3 is 9.80 Å². The van der Waals surface area contributed by atoms with E-state index in [1.165, 1.54) is 11.1 Å². The Bertz CT molecular complexity index is 1080. The highest BCUT2D eigenvalue weighted by Gasteiger charge is 2.53. The number of carbonyl (C=O) groups excluding carboxylic acids is 3. The second kappa shape index (κ2) is 7.22. The van der Waals surface area contributed by atoms with Crippen molar-refractivity contribution in [2.24, 2.45) is 0 Å². The molecule has 0 aliphatic carbocycles. The number of hydrogen-bond donors (Lipinski definition) is 0. The number of rotatable bonds is 3. The zero-order valence-electron chi connectivity index (χ0n) is 18.0. The second-order valence-corrected chi connectivity index (χ2v) is 8.96. The number of nitrogens with zero attached hydrogens (tertiary/aromatic N) is 3. The number of aryl methyl sites for hydroxylation is 1. The maximum Gasteiger partial charge on any atom is 0.258 e. The van der Waals surface area contributed by atoms with Gasteiger partial charge in [0.1, 0.15) is 12.2 Å². The van der Waals surface area contributed by atoms with Crippen LogP contribution in [-0.4, -0.2) is 46.3 Å². The molecule has 3 heterocycles. The Morgan fingerprint density at radius 2 is 1.84 bits per heavy atom. The van der Waals surface area contributed by atoms with Crippen LogP contribution in [0.3, 0.4) is 0 Å². The van der Waals surface area contributed by atoms with Crippen LogP contribution in [0.1, 0.15) is 60.1 Å². The number of hydrogen-bond acceptors (Lipinski definition) is 3. The molecule has 31 heavy (non-hydrogen) atoms. The van der Waals surface area contributed by atoms with Gasteiger partial charge in [0.25, 0.3) is 5.91 Å². The van der Waals surface area contributed by atoms with Crippen LogP contribution in [-0.2, 0) is 9.59 Å². The molecule has 2 aromatic rings. The Kier molecular flexibility index (Phi) is 4.61. The van der Waals surface area contributed by atoms with Gasteiger partial charge in [-0.25, -0.2) is 0 Å². The van der Waals surface area contributed by atoms with E-state index < -0.39 is 5.66 Å². The number of carbonyl (C=O) groups is 3. The molecule has 2 aromatic carbocycles. The van der Waals surface area contributed by atoms with Crippen LogP contribution in [0.4, 0.5) is 5.69 Å². The predicted octanol–water partition coefficient (Wildman–Crippen LogP) is 3.66. The number of anilines is 1. The van der Waals surface area contributed by atoms with Gasteiger partial charge in [-0.05, 0) is 56.4 Å². The first-order valence-corrected chi connectivity index (χ1v) is 11.0. The molecule has 3 amide bonds. The maximum absolute atomic E-state index is 13.5. The molecule has 160 valence electrons. The molecule has 3 aliphatic rings. The second-order valence-electron chi connectivity index (χ2n) is 8.96. The Hall–Kier alpha value is -3.15. The summed E-state index contributed by atoms with van der Waals surface area (Å²) in [6.07, 6.45) is 2.78. The monoisotopic (exact) mass is 417 g/mol. The Labute approximate surface area is 182 Å². The van der Waals surface area contributed by atoms with Gasteiger partial charge >= 0.3 is 0 Å². The molecule has 0 spiro atoms. The van der Waals surface area contributed by atoms with Gasteiger partial charge in [-0.15, -0.1) is 0 Å². The lowest BCUT2D eigenvalue weighted by atomic mass is 9.97. The maximum atomic E-state index is 13.5. The minimum Gasteiger partial charge on any atom is -0.334 e. The molecule has 0 bridgehead atoms. The molecule has 3 aliphatic heterocycles. The summed E-state index contributed by atoms with van der Waals surface area (Å²) in [6, 6.07) is 15.4. The van der Waals surface area contributed by atoms with Crippen molar-refractivity contribution in [3.63, 3.8) is 0 Å². The molecule has 2 fully saturated rings. The van der Waals surface area contributed by atoms with Crippen LogP contribution in [0.2, 0.25) is 0 Å². The van der Waals surface area contributed by atoms with Crippen molar-refractivity contribution in [1.82, 2.24) is 9.80 Å². The zero-order chi connectivity index (χ0) is 21.8. The van der Waals surface area contributed by atoms with E-state index in [0.717, 1.165) is 12.8 Å². The quantitative estimate of drug-likeness (QED) is 0.766. The van der Waals surface area contributed by atoms with Crippen LogP contribution in [0.15, 0.2) is 48.5 Å². The van der Waals surface area contributed by atoms with E-state index in [2.05, 4.69) is 19.1 Å². The van der Waals surface area contributed by atoms with Crippen LogP contribution in [0.25, 0.3) is 0 Å². The van der Waals surface area contributed by atoms with Crippen molar-refractivity contribution < 1.29 is 14.4 Å². The largest absolute Gasteiger partial charge is 0.334 e. The molecule has 0 radical (unpaired) electrons. The van der Waals surface area contributed by atoms with Gasteiger partial charge in [0.2, 0.25) is 11.8 Å². The first kappa shape index (κ1) is 19.8. The minimum atomic E-state index is -0.809. The average Bonchev–Trinajstić information content (AvgIpc) is 3.37. The van der Waals surface area contributed by atoms with Crippen LogP contribution in [0, 0.1) is 6.92 Å². The number of likely N-dealkylation sites (tertiary alicyclic amines) is 1. The first-order valence-electron chi connectivity index (χ1n) is 11.0. The smallest absolute Gasteiger partial charge is 0.258 e. The van der Waals surface area contributed by atoms with Crippen molar-refractivity contribution in [2.45, 2.75) is 51.2 Å². The summed E-state index contributed by atoms with van der Waals surface area (Å²) in [5.41, 5.74) is 2.68. The number of para-hydroxylation sites is 1. The van der Waals surface area contributed by atoms with Crippen molar-refractivity contribution in [2.75, 3.05) is 18.0 Å². The third-order valence-corrected chi connectivity index (χ3v) is 7.16. The van der Waals surface area contributed by atoms with Crippen molar-refractivity contribution in [3.05, 3.63) is 65.2 Å².